The van der Waals surface area contributed by atoms with Crippen LogP contribution in [0.3, 0.4) is 0 Å². The molecule has 1 atom stereocenters. The Labute approximate surface area is 193 Å². The zero-order valence-corrected chi connectivity index (χ0v) is 18.9. The summed E-state index contributed by atoms with van der Waals surface area (Å²) >= 11 is 8.00. The lowest BCUT2D eigenvalue weighted by atomic mass is 10.1. The molecule has 2 aliphatic rings. The molecule has 164 valence electrons. The van der Waals surface area contributed by atoms with Crippen molar-refractivity contribution in [3.8, 4) is 28.6 Å². The van der Waals surface area contributed by atoms with Crippen LogP contribution >= 0.6 is 23.4 Å². The van der Waals surface area contributed by atoms with Crippen LogP contribution in [-0.2, 0) is 4.79 Å². The first-order chi connectivity index (χ1) is 15.6. The van der Waals surface area contributed by atoms with E-state index in [4.69, 9.17) is 25.8 Å². The molecule has 0 bridgehead atoms. The van der Waals surface area contributed by atoms with Gasteiger partial charge < -0.3 is 14.2 Å². The lowest BCUT2D eigenvalue weighted by Gasteiger charge is -2.31. The number of halogens is 1. The molecule has 1 unspecified atom stereocenters. The molecule has 3 aromatic rings. The summed E-state index contributed by atoms with van der Waals surface area (Å²) in [6, 6.07) is 10.9. The Hall–Kier alpha value is -3.04. The lowest BCUT2D eigenvalue weighted by Crippen LogP contribution is -2.37. The fraction of sp³-hybridized carbons (Fsp3) is 0.273. The normalized spacial score (nSPS) is 16.1. The number of thioether (sulfide) groups is 1. The number of fused-ring (bicyclic) bond motifs is 4. The molecule has 1 amide bonds. The van der Waals surface area contributed by atoms with Crippen molar-refractivity contribution in [3.63, 3.8) is 0 Å². The first kappa shape index (κ1) is 20.8. The van der Waals surface area contributed by atoms with Gasteiger partial charge in [0.25, 0.3) is 0 Å². The summed E-state index contributed by atoms with van der Waals surface area (Å²) in [5.41, 5.74) is 2.38. The number of hydrogen-bond donors (Lipinski definition) is 0. The summed E-state index contributed by atoms with van der Waals surface area (Å²) in [4.78, 5) is 19.6. The number of amides is 1. The summed E-state index contributed by atoms with van der Waals surface area (Å²) in [5.74, 6) is 1.26. The number of aromatic nitrogens is 3. The van der Waals surface area contributed by atoms with Crippen LogP contribution in [0.1, 0.15) is 31.6 Å². The monoisotopic (exact) mass is 470 g/mol. The summed E-state index contributed by atoms with van der Waals surface area (Å²) in [6.45, 7) is 2.07. The molecule has 5 rings (SSSR count). The fourth-order valence-corrected chi connectivity index (χ4v) is 4.27. The van der Waals surface area contributed by atoms with Crippen LogP contribution in [0.5, 0.6) is 17.4 Å². The number of carbonyl (C=O) groups excluding carboxylic acids is 1. The second-order valence-corrected chi connectivity index (χ2v) is 8.36. The van der Waals surface area contributed by atoms with Crippen LogP contribution in [0.4, 0.5) is 5.69 Å². The molecule has 0 saturated carbocycles. The van der Waals surface area contributed by atoms with Gasteiger partial charge in [-0.1, -0.05) is 48.5 Å². The van der Waals surface area contributed by atoms with Gasteiger partial charge in [0.2, 0.25) is 30.0 Å². The van der Waals surface area contributed by atoms with Crippen LogP contribution in [-0.4, -0.2) is 34.1 Å². The minimum Gasteiger partial charge on any atom is -0.454 e. The molecule has 8 nitrogen and oxygen atoms in total. The number of para-hydroxylation sites is 1. The lowest BCUT2D eigenvalue weighted by molar-refractivity contribution is -0.120. The molecule has 10 heteroatoms. The van der Waals surface area contributed by atoms with Gasteiger partial charge in [0, 0.05) is 23.6 Å². The molecule has 0 aliphatic carbocycles. The fourth-order valence-electron chi connectivity index (χ4n) is 3.73. The van der Waals surface area contributed by atoms with Crippen molar-refractivity contribution >= 4 is 35.0 Å². The molecule has 0 fully saturated rings. The average molecular weight is 471 g/mol. The summed E-state index contributed by atoms with van der Waals surface area (Å²) in [7, 11) is 0. The second-order valence-electron chi connectivity index (χ2n) is 7.18. The first-order valence-corrected chi connectivity index (χ1v) is 11.7. The van der Waals surface area contributed by atoms with E-state index in [0.29, 0.717) is 57.0 Å². The van der Waals surface area contributed by atoms with Crippen molar-refractivity contribution in [1.29, 1.82) is 0 Å². The molecule has 0 saturated heterocycles. The Morgan fingerprint density at radius 2 is 2.00 bits per heavy atom. The quantitative estimate of drug-likeness (QED) is 0.499. The number of carbonyl (C=O) groups is 1. The van der Waals surface area contributed by atoms with Crippen LogP contribution in [0, 0.1) is 0 Å². The molecular weight excluding hydrogens is 452 g/mol. The van der Waals surface area contributed by atoms with Crippen molar-refractivity contribution in [2.24, 2.45) is 0 Å². The molecule has 0 spiro atoms. The van der Waals surface area contributed by atoms with Gasteiger partial charge in [-0.05, 0) is 24.8 Å². The smallest absolute Gasteiger partial charge is 0.247 e. The Kier molecular flexibility index (Phi) is 5.52. The van der Waals surface area contributed by atoms with Gasteiger partial charge in [-0.2, -0.15) is 4.98 Å². The third-order valence-electron chi connectivity index (χ3n) is 5.18. The number of anilines is 1. The summed E-state index contributed by atoms with van der Waals surface area (Å²) in [6.07, 6.45) is 1.99. The van der Waals surface area contributed by atoms with E-state index in [2.05, 4.69) is 15.2 Å². The van der Waals surface area contributed by atoms with Gasteiger partial charge >= 0.3 is 0 Å². The Bertz CT molecular complexity index is 1210. The van der Waals surface area contributed by atoms with E-state index in [1.807, 2.05) is 37.4 Å². The first-order valence-electron chi connectivity index (χ1n) is 10.1. The molecule has 0 N–H and O–H groups in total. The van der Waals surface area contributed by atoms with Crippen LogP contribution in [0.2, 0.25) is 5.02 Å². The third-order valence-corrected chi connectivity index (χ3v) is 6.05. The Morgan fingerprint density at radius 1 is 1.22 bits per heavy atom. The zero-order valence-electron chi connectivity index (χ0n) is 17.4. The largest absolute Gasteiger partial charge is 0.454 e. The maximum atomic E-state index is 13.4. The number of hydrogen-bond acceptors (Lipinski definition) is 8. The van der Waals surface area contributed by atoms with Gasteiger partial charge in [-0.3, -0.25) is 9.69 Å². The van der Waals surface area contributed by atoms with Crippen LogP contribution < -0.4 is 19.1 Å². The van der Waals surface area contributed by atoms with E-state index in [1.165, 1.54) is 11.8 Å². The topological polar surface area (TPSA) is 86.7 Å². The SMILES string of the molecule is CCCC(=O)N1c2ccccc2-c2nnc(SC)nc2OC1c1cc2c(cc1Cl)OCO2. The molecule has 32 heavy (non-hydrogen) atoms. The minimum atomic E-state index is -0.884. The van der Waals surface area contributed by atoms with Gasteiger partial charge in [0.15, 0.2) is 17.2 Å². The maximum absolute atomic E-state index is 13.4. The van der Waals surface area contributed by atoms with Gasteiger partial charge in [-0.25, -0.2) is 0 Å². The standard InChI is InChI=1S/C22H19ClN4O4S/c1-3-6-18(28)27-15-8-5-4-7-12(15)19-20(24-22(32-2)26-25-19)31-21(27)13-9-16-17(10-14(13)23)30-11-29-16/h4-5,7-10,21H,3,6,11H2,1-2H3. The number of ether oxygens (including phenoxy) is 3. The molecule has 2 aliphatic heterocycles. The predicted molar refractivity (Wildman–Crippen MR) is 120 cm³/mol. The number of benzene rings is 2. The summed E-state index contributed by atoms with van der Waals surface area (Å²) in [5, 5.41) is 9.39. The highest BCUT2D eigenvalue weighted by molar-refractivity contribution is 7.98. The molecule has 0 radical (unpaired) electrons. The van der Waals surface area contributed by atoms with E-state index in [-0.39, 0.29) is 18.6 Å². The molecular formula is C22H19ClN4O4S. The van der Waals surface area contributed by atoms with Crippen molar-refractivity contribution in [3.05, 3.63) is 47.0 Å². The van der Waals surface area contributed by atoms with Gasteiger partial charge in [-0.15, -0.1) is 10.2 Å². The number of rotatable bonds is 4. The Morgan fingerprint density at radius 3 is 2.78 bits per heavy atom. The van der Waals surface area contributed by atoms with E-state index in [1.54, 1.807) is 17.0 Å². The third kappa shape index (κ3) is 3.51. The van der Waals surface area contributed by atoms with E-state index in [0.717, 1.165) is 0 Å². The minimum absolute atomic E-state index is 0.107. The zero-order chi connectivity index (χ0) is 22.2. The average Bonchev–Trinajstić information content (AvgIpc) is 3.20. The molecule has 3 heterocycles. The van der Waals surface area contributed by atoms with Gasteiger partial charge in [0.05, 0.1) is 10.7 Å². The van der Waals surface area contributed by atoms with Crippen molar-refractivity contribution in [2.45, 2.75) is 31.1 Å². The van der Waals surface area contributed by atoms with Crippen molar-refractivity contribution in [2.75, 3.05) is 17.9 Å². The maximum Gasteiger partial charge on any atom is 0.247 e. The van der Waals surface area contributed by atoms with Crippen LogP contribution in [0.15, 0.2) is 41.6 Å². The van der Waals surface area contributed by atoms with Crippen molar-refractivity contribution < 1.29 is 19.0 Å². The van der Waals surface area contributed by atoms with Crippen molar-refractivity contribution in [1.82, 2.24) is 15.2 Å². The van der Waals surface area contributed by atoms with Crippen LogP contribution in [0.25, 0.3) is 11.3 Å². The molecule has 1 aromatic heterocycles. The second kappa shape index (κ2) is 8.48. The molecule has 2 aromatic carbocycles. The highest BCUT2D eigenvalue weighted by atomic mass is 35.5. The van der Waals surface area contributed by atoms with E-state index < -0.39 is 6.23 Å². The van der Waals surface area contributed by atoms with E-state index in [9.17, 15) is 4.79 Å². The highest BCUT2D eigenvalue weighted by Gasteiger charge is 2.37. The van der Waals surface area contributed by atoms with Gasteiger partial charge in [0.1, 0.15) is 0 Å². The Balaban J connectivity index is 1.75. The predicted octanol–water partition coefficient (Wildman–Crippen LogP) is 4.87. The van der Waals surface area contributed by atoms with E-state index >= 15 is 0 Å². The highest BCUT2D eigenvalue weighted by Crippen LogP contribution is 2.47. The summed E-state index contributed by atoms with van der Waals surface area (Å²) < 4.78 is 17.4. The number of nitrogens with zero attached hydrogens (tertiary/aromatic N) is 4.